The van der Waals surface area contributed by atoms with Crippen LogP contribution in [0.15, 0.2) is 60.7 Å². The molecule has 2 aliphatic rings. The minimum Gasteiger partial charge on any atom is -0.507 e. The Morgan fingerprint density at radius 1 is 1.13 bits per heavy atom. The minimum atomic E-state index is -0.812. The molecule has 3 N–H and O–H groups in total. The number of aliphatic hydroxyl groups excluding tert-OH is 1. The minimum absolute atomic E-state index is 0.00643. The number of amides is 2. The van der Waals surface area contributed by atoms with E-state index in [2.05, 4.69) is 11.5 Å². The maximum Gasteiger partial charge on any atom is 0.295 e. The zero-order valence-corrected chi connectivity index (χ0v) is 21.9. The number of hydrogen-bond acceptors (Lipinski definition) is 8. The molecular weight excluding hydrogens is 502 g/mol. The Hall–Kier alpha value is -4.15. The Bertz CT molecular complexity index is 1270. The number of morpholine rings is 1. The number of ether oxygens (including phenoxy) is 3. The first kappa shape index (κ1) is 27.9. The molecule has 0 radical (unpaired) electrons. The summed E-state index contributed by atoms with van der Waals surface area (Å²) in [6.07, 6.45) is 1.63. The molecular formula is C29H33N3O7. The number of carbonyl (C=O) groups is 3. The van der Waals surface area contributed by atoms with Crippen LogP contribution in [0.1, 0.15) is 22.7 Å². The van der Waals surface area contributed by atoms with Gasteiger partial charge >= 0.3 is 0 Å². The lowest BCUT2D eigenvalue weighted by Gasteiger charge is -2.31. The van der Waals surface area contributed by atoms with E-state index < -0.39 is 23.6 Å². The van der Waals surface area contributed by atoms with E-state index in [0.717, 1.165) is 18.7 Å². The van der Waals surface area contributed by atoms with Crippen LogP contribution in [0.25, 0.3) is 5.76 Å². The van der Waals surface area contributed by atoms with E-state index >= 15 is 0 Å². The Kier molecular flexibility index (Phi) is 9.00. The number of aryl methyl sites for hydroxylation is 1. The number of rotatable bonds is 11. The smallest absolute Gasteiger partial charge is 0.295 e. The Morgan fingerprint density at radius 2 is 1.85 bits per heavy atom. The number of benzene rings is 2. The highest BCUT2D eigenvalue weighted by Gasteiger charge is 2.46. The number of carbonyl (C=O) groups excluding carboxylic acids is 3. The lowest BCUT2D eigenvalue weighted by Crippen LogP contribution is -2.42. The van der Waals surface area contributed by atoms with Crippen molar-refractivity contribution < 1.29 is 33.7 Å². The van der Waals surface area contributed by atoms with Gasteiger partial charge in [0.15, 0.2) is 6.61 Å². The third-order valence-electron chi connectivity index (χ3n) is 6.68. The summed E-state index contributed by atoms with van der Waals surface area (Å²) < 4.78 is 16.4. The van der Waals surface area contributed by atoms with Crippen LogP contribution < -0.4 is 15.2 Å². The van der Waals surface area contributed by atoms with Gasteiger partial charge in [0.2, 0.25) is 0 Å². The first-order chi connectivity index (χ1) is 18.8. The van der Waals surface area contributed by atoms with E-state index in [-0.39, 0.29) is 17.9 Å². The quantitative estimate of drug-likeness (QED) is 0.194. The fraction of sp³-hybridized carbons (Fsp3) is 0.345. The first-order valence-electron chi connectivity index (χ1n) is 12.7. The predicted molar refractivity (Wildman–Crippen MR) is 144 cm³/mol. The summed E-state index contributed by atoms with van der Waals surface area (Å²) in [6, 6.07) is 11.0. The highest BCUT2D eigenvalue weighted by Crippen LogP contribution is 2.40. The molecule has 2 saturated heterocycles. The molecule has 206 valence electrons. The number of nitrogens with two attached hydrogens (primary N) is 1. The van der Waals surface area contributed by atoms with Gasteiger partial charge in [-0.1, -0.05) is 24.8 Å². The van der Waals surface area contributed by atoms with Crippen LogP contribution in [0.2, 0.25) is 0 Å². The number of Topliss-reactive ketones (excluding diaryl/α,β-unsaturated/α-hetero) is 1. The summed E-state index contributed by atoms with van der Waals surface area (Å²) in [7, 11) is 0. The van der Waals surface area contributed by atoms with Gasteiger partial charge in [-0.05, 0) is 48.4 Å². The van der Waals surface area contributed by atoms with Crippen LogP contribution in [0.4, 0.5) is 0 Å². The molecule has 39 heavy (non-hydrogen) atoms. The first-order valence-corrected chi connectivity index (χ1v) is 12.7. The summed E-state index contributed by atoms with van der Waals surface area (Å²) in [5.41, 5.74) is 6.94. The summed E-state index contributed by atoms with van der Waals surface area (Å²) in [4.78, 5) is 41.4. The second kappa shape index (κ2) is 12.6. The van der Waals surface area contributed by atoms with Crippen molar-refractivity contribution in [2.75, 3.05) is 52.6 Å². The molecule has 0 bridgehead atoms. The van der Waals surface area contributed by atoms with Gasteiger partial charge < -0.3 is 30.0 Å². The SMILES string of the molecule is C=CCOc1ccc(/C(O)=C2\C(=O)C(=O)N(CCN3CCOCC3)C2c2ccc(OCC(N)=O)cc2)cc1C. The van der Waals surface area contributed by atoms with Crippen LogP contribution in [0.3, 0.4) is 0 Å². The summed E-state index contributed by atoms with van der Waals surface area (Å²) in [5.74, 6) is -1.26. The molecule has 2 heterocycles. The molecule has 2 aromatic rings. The van der Waals surface area contributed by atoms with Gasteiger partial charge in [-0.2, -0.15) is 0 Å². The van der Waals surface area contributed by atoms with Crippen LogP contribution in [0.5, 0.6) is 11.5 Å². The highest BCUT2D eigenvalue weighted by molar-refractivity contribution is 6.46. The van der Waals surface area contributed by atoms with E-state index in [9.17, 15) is 19.5 Å². The van der Waals surface area contributed by atoms with Gasteiger partial charge in [0.25, 0.3) is 17.6 Å². The van der Waals surface area contributed by atoms with Gasteiger partial charge in [0, 0.05) is 31.7 Å². The van der Waals surface area contributed by atoms with Crippen molar-refractivity contribution >= 4 is 23.4 Å². The molecule has 0 spiro atoms. The van der Waals surface area contributed by atoms with Gasteiger partial charge in [0.05, 0.1) is 24.8 Å². The average Bonchev–Trinajstić information content (AvgIpc) is 3.19. The molecule has 10 heteroatoms. The third-order valence-corrected chi connectivity index (χ3v) is 6.68. The molecule has 1 atom stereocenters. The van der Waals surface area contributed by atoms with Crippen LogP contribution in [0, 0.1) is 6.92 Å². The number of likely N-dealkylation sites (tertiary alicyclic amines) is 1. The third kappa shape index (κ3) is 6.47. The van der Waals surface area contributed by atoms with Crippen LogP contribution >= 0.6 is 0 Å². The predicted octanol–water partition coefficient (Wildman–Crippen LogP) is 2.18. The van der Waals surface area contributed by atoms with Crippen molar-refractivity contribution in [3.8, 4) is 11.5 Å². The van der Waals surface area contributed by atoms with Crippen molar-refractivity contribution in [2.45, 2.75) is 13.0 Å². The Labute approximate surface area is 227 Å². The average molecular weight is 536 g/mol. The maximum atomic E-state index is 13.3. The zero-order valence-electron chi connectivity index (χ0n) is 21.9. The monoisotopic (exact) mass is 535 g/mol. The lowest BCUT2D eigenvalue weighted by atomic mass is 9.94. The van der Waals surface area contributed by atoms with E-state index in [1.165, 1.54) is 4.90 Å². The molecule has 4 rings (SSSR count). The van der Waals surface area contributed by atoms with Gasteiger partial charge in [-0.3, -0.25) is 19.3 Å². The van der Waals surface area contributed by atoms with Crippen molar-refractivity contribution in [2.24, 2.45) is 5.73 Å². The lowest BCUT2D eigenvalue weighted by molar-refractivity contribution is -0.140. The fourth-order valence-corrected chi connectivity index (χ4v) is 4.69. The largest absolute Gasteiger partial charge is 0.507 e. The summed E-state index contributed by atoms with van der Waals surface area (Å²) >= 11 is 0. The number of primary amides is 1. The topological polar surface area (TPSA) is 132 Å². The number of aliphatic hydroxyl groups is 1. The van der Waals surface area contributed by atoms with E-state index in [1.54, 1.807) is 48.5 Å². The van der Waals surface area contributed by atoms with Crippen molar-refractivity contribution in [3.63, 3.8) is 0 Å². The molecule has 1 unspecified atom stereocenters. The molecule has 0 aliphatic carbocycles. The van der Waals surface area contributed by atoms with Crippen molar-refractivity contribution in [1.29, 1.82) is 0 Å². The normalized spacial score (nSPS) is 19.2. The van der Waals surface area contributed by atoms with Crippen LogP contribution in [-0.2, 0) is 19.1 Å². The molecule has 10 nitrogen and oxygen atoms in total. The van der Waals surface area contributed by atoms with Gasteiger partial charge in [-0.15, -0.1) is 0 Å². The second-order valence-corrected chi connectivity index (χ2v) is 9.35. The Balaban J connectivity index is 1.70. The molecule has 0 aromatic heterocycles. The maximum absolute atomic E-state index is 13.3. The molecule has 2 aliphatic heterocycles. The highest BCUT2D eigenvalue weighted by atomic mass is 16.5. The molecule has 2 aromatic carbocycles. The standard InChI is InChI=1S/C29H33N3O7/c1-3-14-38-23-9-6-21(17-19(23)2)27(34)25-26(20-4-7-22(8-5-20)39-18-24(30)33)32(29(36)28(25)35)11-10-31-12-15-37-16-13-31/h3-9,17,26,34H,1,10-16,18H2,2H3,(H2,30,33)/b27-25+. The zero-order chi connectivity index (χ0) is 27.9. The molecule has 2 fully saturated rings. The van der Waals surface area contributed by atoms with Crippen molar-refractivity contribution in [3.05, 3.63) is 77.4 Å². The van der Waals surface area contributed by atoms with Gasteiger partial charge in [0.1, 0.15) is 23.9 Å². The van der Waals surface area contributed by atoms with Crippen LogP contribution in [-0.4, -0.2) is 85.1 Å². The number of ketones is 1. The van der Waals surface area contributed by atoms with E-state index in [0.29, 0.717) is 55.5 Å². The molecule has 0 saturated carbocycles. The fourth-order valence-electron chi connectivity index (χ4n) is 4.69. The van der Waals surface area contributed by atoms with Gasteiger partial charge in [-0.25, -0.2) is 0 Å². The number of nitrogens with zero attached hydrogens (tertiary/aromatic N) is 2. The second-order valence-electron chi connectivity index (χ2n) is 9.35. The summed E-state index contributed by atoms with van der Waals surface area (Å²) in [5, 5.41) is 11.4. The number of hydrogen-bond donors (Lipinski definition) is 2. The van der Waals surface area contributed by atoms with Crippen molar-refractivity contribution in [1.82, 2.24) is 9.80 Å². The molecule has 2 amide bonds. The van der Waals surface area contributed by atoms with E-state index in [4.69, 9.17) is 19.9 Å². The summed E-state index contributed by atoms with van der Waals surface area (Å²) in [6.45, 7) is 9.08. The van der Waals surface area contributed by atoms with E-state index in [1.807, 2.05) is 6.92 Å². The Morgan fingerprint density at radius 3 is 2.49 bits per heavy atom.